The van der Waals surface area contributed by atoms with E-state index in [-0.39, 0.29) is 23.1 Å². The van der Waals surface area contributed by atoms with Crippen molar-refractivity contribution >= 4 is 34.8 Å². The van der Waals surface area contributed by atoms with Crippen LogP contribution in [0.2, 0.25) is 0 Å². The van der Waals surface area contributed by atoms with Crippen molar-refractivity contribution in [3.8, 4) is 0 Å². The molecule has 0 aromatic carbocycles. The van der Waals surface area contributed by atoms with Gasteiger partial charge in [0.05, 0.1) is 18.9 Å². The number of methoxy groups -OCH3 is 2. The summed E-state index contributed by atoms with van der Waals surface area (Å²) >= 11 is 1.31. The summed E-state index contributed by atoms with van der Waals surface area (Å²) in [5.74, 6) is -0.512. The number of esters is 1. The van der Waals surface area contributed by atoms with E-state index in [1.54, 1.807) is 21.0 Å². The summed E-state index contributed by atoms with van der Waals surface area (Å²) in [6.45, 7) is 10.1. The Morgan fingerprint density at radius 1 is 1.09 bits per heavy atom. The average Bonchev–Trinajstić information content (AvgIpc) is 3.21. The van der Waals surface area contributed by atoms with Crippen LogP contribution in [0.5, 0.6) is 0 Å². The van der Waals surface area contributed by atoms with Crippen LogP contribution in [-0.4, -0.2) is 63.1 Å². The maximum absolute atomic E-state index is 14.1. The van der Waals surface area contributed by atoms with Gasteiger partial charge >= 0.3 is 5.97 Å². The van der Waals surface area contributed by atoms with E-state index in [9.17, 15) is 14.4 Å². The molecule has 2 rings (SSSR count). The number of hydrogen-bond donors (Lipinski definition) is 0. The monoisotopic (exact) mass is 480 g/mol. The van der Waals surface area contributed by atoms with Gasteiger partial charge in [0.15, 0.2) is 0 Å². The van der Waals surface area contributed by atoms with Gasteiger partial charge in [-0.15, -0.1) is 11.3 Å². The molecule has 1 fully saturated rings. The van der Waals surface area contributed by atoms with Crippen LogP contribution < -0.4 is 4.90 Å². The first-order chi connectivity index (χ1) is 15.3. The second-order valence-electron chi connectivity index (χ2n) is 10.3. The highest BCUT2D eigenvalue weighted by atomic mass is 32.1. The van der Waals surface area contributed by atoms with E-state index < -0.39 is 18.1 Å². The predicted molar refractivity (Wildman–Crippen MR) is 132 cm³/mol. The summed E-state index contributed by atoms with van der Waals surface area (Å²) in [5, 5.41) is 0. The molecule has 0 saturated heterocycles. The highest BCUT2D eigenvalue weighted by molar-refractivity contribution is 7.14. The molecule has 1 saturated carbocycles. The molecule has 8 heteroatoms. The molecule has 0 unspecified atom stereocenters. The Bertz CT molecular complexity index is 849. The zero-order valence-electron chi connectivity index (χ0n) is 21.6. The molecule has 33 heavy (non-hydrogen) atoms. The van der Waals surface area contributed by atoms with Gasteiger partial charge in [-0.1, -0.05) is 27.7 Å². The topological polar surface area (TPSA) is 76.2 Å². The second kappa shape index (κ2) is 11.0. The third-order valence-electron chi connectivity index (χ3n) is 6.47. The van der Waals surface area contributed by atoms with E-state index in [0.29, 0.717) is 16.5 Å². The van der Waals surface area contributed by atoms with E-state index >= 15 is 0 Å². The van der Waals surface area contributed by atoms with E-state index in [4.69, 9.17) is 9.47 Å². The van der Waals surface area contributed by atoms with Crippen LogP contribution in [0.1, 0.15) is 74.9 Å². The minimum atomic E-state index is -0.900. The molecule has 1 aliphatic carbocycles. The van der Waals surface area contributed by atoms with Gasteiger partial charge < -0.3 is 14.4 Å². The molecule has 1 aromatic rings. The van der Waals surface area contributed by atoms with Crippen molar-refractivity contribution in [2.24, 2.45) is 11.8 Å². The largest absolute Gasteiger partial charge is 0.465 e. The van der Waals surface area contributed by atoms with Crippen LogP contribution in [0.25, 0.3) is 0 Å². The predicted octanol–water partition coefficient (Wildman–Crippen LogP) is 4.48. The number of hydrogen-bond acceptors (Lipinski definition) is 6. The molecule has 1 aliphatic rings. The van der Waals surface area contributed by atoms with E-state index in [1.165, 1.54) is 35.4 Å². The van der Waals surface area contributed by atoms with Crippen LogP contribution in [0.4, 0.5) is 5.69 Å². The SMILES string of the molecule is COC(=O)c1sc(C(C)(C)C)cc1N(C(=O)C1CCC(C)CC1)[C@H](C(=O)N(C)C)[C@@H](C)OC. The van der Waals surface area contributed by atoms with E-state index in [0.717, 1.165) is 30.6 Å². The molecule has 0 aliphatic heterocycles. The van der Waals surface area contributed by atoms with Crippen molar-refractivity contribution in [2.45, 2.75) is 77.9 Å². The lowest BCUT2D eigenvalue weighted by Crippen LogP contribution is -2.57. The van der Waals surface area contributed by atoms with Crippen molar-refractivity contribution < 1.29 is 23.9 Å². The Balaban J connectivity index is 2.73. The Morgan fingerprint density at radius 3 is 2.12 bits per heavy atom. The molecule has 2 amide bonds. The summed E-state index contributed by atoms with van der Waals surface area (Å²) in [6.07, 6.45) is 2.90. The highest BCUT2D eigenvalue weighted by Gasteiger charge is 2.42. The quantitative estimate of drug-likeness (QED) is 0.538. The maximum atomic E-state index is 14.1. The number of carbonyl (C=O) groups excluding carboxylic acids is 3. The van der Waals surface area contributed by atoms with Crippen LogP contribution >= 0.6 is 11.3 Å². The first kappa shape index (κ1) is 27.3. The van der Waals surface area contributed by atoms with Gasteiger partial charge in [0.2, 0.25) is 11.8 Å². The number of likely N-dealkylation sites (N-methyl/N-ethyl adjacent to an activating group) is 1. The first-order valence-electron chi connectivity index (χ1n) is 11.6. The molecule has 186 valence electrons. The molecule has 0 N–H and O–H groups in total. The minimum Gasteiger partial charge on any atom is -0.465 e. The Hall–Kier alpha value is -1.93. The zero-order valence-corrected chi connectivity index (χ0v) is 22.4. The molecule has 1 heterocycles. The Labute approximate surface area is 202 Å². The lowest BCUT2D eigenvalue weighted by atomic mass is 9.82. The summed E-state index contributed by atoms with van der Waals surface area (Å²) in [5.41, 5.74) is 0.193. The molecule has 0 bridgehead atoms. The molecule has 2 atom stereocenters. The Kier molecular flexibility index (Phi) is 9.10. The number of anilines is 1. The Morgan fingerprint density at radius 2 is 1.67 bits per heavy atom. The van der Waals surface area contributed by atoms with Crippen molar-refractivity contribution in [1.29, 1.82) is 0 Å². The number of thiophene rings is 1. The fraction of sp³-hybridized carbons (Fsp3) is 0.720. The van der Waals surface area contributed by atoms with E-state index in [2.05, 4.69) is 27.7 Å². The summed E-state index contributed by atoms with van der Waals surface area (Å²) in [7, 11) is 6.19. The van der Waals surface area contributed by atoms with Gasteiger partial charge in [0.25, 0.3) is 0 Å². The molecule has 1 aromatic heterocycles. The first-order valence-corrected chi connectivity index (χ1v) is 12.4. The van der Waals surface area contributed by atoms with E-state index in [1.807, 2.05) is 6.07 Å². The van der Waals surface area contributed by atoms with Crippen molar-refractivity contribution in [3.05, 3.63) is 15.8 Å². The third kappa shape index (κ3) is 6.15. The minimum absolute atomic E-state index is 0.130. The van der Waals surface area contributed by atoms with Gasteiger partial charge in [-0.3, -0.25) is 14.5 Å². The molecule has 0 spiro atoms. The summed E-state index contributed by atoms with van der Waals surface area (Å²) < 4.78 is 10.7. The van der Waals surface area contributed by atoms with Gasteiger partial charge in [-0.25, -0.2) is 4.79 Å². The molecular weight excluding hydrogens is 440 g/mol. The van der Waals surface area contributed by atoms with Gasteiger partial charge in [0.1, 0.15) is 10.9 Å². The normalized spacial score (nSPS) is 20.6. The highest BCUT2D eigenvalue weighted by Crippen LogP contribution is 2.41. The lowest BCUT2D eigenvalue weighted by Gasteiger charge is -2.38. The van der Waals surface area contributed by atoms with Crippen LogP contribution in [0.3, 0.4) is 0 Å². The van der Waals surface area contributed by atoms with Crippen LogP contribution in [0.15, 0.2) is 6.07 Å². The second-order valence-corrected chi connectivity index (χ2v) is 11.4. The number of carbonyl (C=O) groups is 3. The fourth-order valence-corrected chi connectivity index (χ4v) is 5.32. The van der Waals surface area contributed by atoms with Gasteiger partial charge in [-0.2, -0.15) is 0 Å². The number of rotatable bonds is 7. The number of amides is 2. The number of ether oxygens (including phenoxy) is 2. The van der Waals surface area contributed by atoms with Crippen molar-refractivity contribution in [1.82, 2.24) is 4.90 Å². The fourth-order valence-electron chi connectivity index (χ4n) is 4.19. The van der Waals surface area contributed by atoms with Crippen molar-refractivity contribution in [3.63, 3.8) is 0 Å². The maximum Gasteiger partial charge on any atom is 0.350 e. The standard InChI is InChI=1S/C25H40N2O5S/c1-15-10-12-17(13-11-15)22(28)27(20(16(2)31-8)23(29)26(6)7)18-14-19(25(3,4)5)33-21(18)24(30)32-9/h14-17,20H,10-13H2,1-9H3/t15?,16-,17?,20+/m1/s1. The average molecular weight is 481 g/mol. The summed E-state index contributed by atoms with van der Waals surface area (Å²) in [4.78, 5) is 44.5. The molecule has 7 nitrogen and oxygen atoms in total. The van der Waals surface area contributed by atoms with Crippen molar-refractivity contribution in [2.75, 3.05) is 33.2 Å². The van der Waals surface area contributed by atoms with Gasteiger partial charge in [0, 0.05) is 32.0 Å². The van der Waals surface area contributed by atoms with Crippen LogP contribution in [0, 0.1) is 11.8 Å². The third-order valence-corrected chi connectivity index (χ3v) is 8.00. The number of nitrogens with zero attached hydrogens (tertiary/aromatic N) is 2. The zero-order chi connectivity index (χ0) is 25.1. The lowest BCUT2D eigenvalue weighted by molar-refractivity contribution is -0.136. The molecule has 0 radical (unpaired) electrons. The molecular formula is C25H40N2O5S. The van der Waals surface area contributed by atoms with Crippen LogP contribution in [-0.2, 0) is 24.5 Å². The smallest absolute Gasteiger partial charge is 0.350 e. The van der Waals surface area contributed by atoms with Gasteiger partial charge in [-0.05, 0) is 50.0 Å². The summed E-state index contributed by atoms with van der Waals surface area (Å²) in [6, 6.07) is 0.973.